The van der Waals surface area contributed by atoms with Crippen LogP contribution >= 0.6 is 15.9 Å². The second-order valence-corrected chi connectivity index (χ2v) is 6.59. The summed E-state index contributed by atoms with van der Waals surface area (Å²) in [5, 5.41) is 3.39. The maximum absolute atomic E-state index is 12.8. The number of piperazine rings is 1. The van der Waals surface area contributed by atoms with E-state index >= 15 is 0 Å². The predicted molar refractivity (Wildman–Crippen MR) is 94.4 cm³/mol. The first-order valence-electron chi connectivity index (χ1n) is 7.91. The normalized spacial score (nSPS) is 18.0. The van der Waals surface area contributed by atoms with Gasteiger partial charge in [0.05, 0.1) is 6.04 Å². The molecule has 3 rings (SSSR count). The Labute approximate surface area is 145 Å². The van der Waals surface area contributed by atoms with Crippen molar-refractivity contribution in [2.45, 2.75) is 19.4 Å². The van der Waals surface area contributed by atoms with Crippen molar-refractivity contribution in [2.75, 3.05) is 19.6 Å². The van der Waals surface area contributed by atoms with Crippen molar-refractivity contribution in [2.24, 2.45) is 0 Å². The molecule has 2 heterocycles. The molecule has 1 aliphatic rings. The largest absolute Gasteiger partial charge is 0.328 e. The van der Waals surface area contributed by atoms with Crippen LogP contribution in [0.5, 0.6) is 0 Å². The van der Waals surface area contributed by atoms with Gasteiger partial charge in [0.2, 0.25) is 0 Å². The van der Waals surface area contributed by atoms with Gasteiger partial charge in [0.15, 0.2) is 0 Å². The number of nitrogens with one attached hydrogen (secondary N) is 1. The van der Waals surface area contributed by atoms with Crippen LogP contribution in [0.15, 0.2) is 47.1 Å². The number of hydrogen-bond acceptors (Lipinski definition) is 3. The Balaban J connectivity index is 1.85. The van der Waals surface area contributed by atoms with Crippen molar-refractivity contribution in [1.82, 2.24) is 15.2 Å². The van der Waals surface area contributed by atoms with Crippen molar-refractivity contribution in [3.05, 3.63) is 63.9 Å². The summed E-state index contributed by atoms with van der Waals surface area (Å²) in [7, 11) is 0. The van der Waals surface area contributed by atoms with Crippen LogP contribution in [-0.2, 0) is 6.42 Å². The third kappa shape index (κ3) is 3.62. The van der Waals surface area contributed by atoms with E-state index in [-0.39, 0.29) is 11.9 Å². The van der Waals surface area contributed by atoms with Gasteiger partial charge in [-0.05, 0) is 45.6 Å². The Morgan fingerprint density at radius 1 is 1.30 bits per heavy atom. The van der Waals surface area contributed by atoms with E-state index in [1.807, 2.05) is 11.0 Å². The molecular weight excluding hydrogens is 354 g/mol. The molecule has 1 fully saturated rings. The van der Waals surface area contributed by atoms with Gasteiger partial charge in [-0.3, -0.25) is 4.79 Å². The molecule has 4 nitrogen and oxygen atoms in total. The summed E-state index contributed by atoms with van der Waals surface area (Å²) in [5.74, 6) is -0.0106. The van der Waals surface area contributed by atoms with E-state index in [1.165, 1.54) is 11.1 Å². The summed E-state index contributed by atoms with van der Waals surface area (Å²) < 4.78 is 0.876. The van der Waals surface area contributed by atoms with Crippen LogP contribution in [-0.4, -0.2) is 35.4 Å². The summed E-state index contributed by atoms with van der Waals surface area (Å²) in [5.41, 5.74) is 2.97. The van der Waals surface area contributed by atoms with Gasteiger partial charge in [-0.25, -0.2) is 4.98 Å². The first-order valence-corrected chi connectivity index (χ1v) is 8.70. The topological polar surface area (TPSA) is 45.2 Å². The molecule has 0 aliphatic carbocycles. The van der Waals surface area contributed by atoms with E-state index in [2.05, 4.69) is 57.4 Å². The lowest BCUT2D eigenvalue weighted by atomic mass is 10.0. The van der Waals surface area contributed by atoms with E-state index in [0.717, 1.165) is 24.0 Å². The molecule has 1 atom stereocenters. The minimum absolute atomic E-state index is 0.0106. The Kier molecular flexibility index (Phi) is 5.08. The van der Waals surface area contributed by atoms with Crippen LogP contribution in [0.25, 0.3) is 0 Å². The van der Waals surface area contributed by atoms with Gasteiger partial charge in [-0.2, -0.15) is 0 Å². The Morgan fingerprint density at radius 3 is 2.74 bits per heavy atom. The lowest BCUT2D eigenvalue weighted by Gasteiger charge is -2.36. The zero-order valence-electron chi connectivity index (χ0n) is 13.1. The van der Waals surface area contributed by atoms with Gasteiger partial charge >= 0.3 is 0 Å². The molecule has 5 heteroatoms. The van der Waals surface area contributed by atoms with Crippen molar-refractivity contribution < 1.29 is 4.79 Å². The number of benzene rings is 1. The summed E-state index contributed by atoms with van der Waals surface area (Å²) in [6, 6.07) is 12.2. The molecule has 120 valence electrons. The second kappa shape index (κ2) is 7.23. The van der Waals surface area contributed by atoms with Gasteiger partial charge in [-0.1, -0.05) is 31.2 Å². The number of carbonyl (C=O) groups is 1. The number of hydrogen-bond donors (Lipinski definition) is 1. The van der Waals surface area contributed by atoms with E-state index in [9.17, 15) is 4.79 Å². The van der Waals surface area contributed by atoms with Gasteiger partial charge in [0.25, 0.3) is 5.91 Å². The van der Waals surface area contributed by atoms with E-state index in [4.69, 9.17) is 0 Å². The highest BCUT2D eigenvalue weighted by molar-refractivity contribution is 9.10. The maximum Gasteiger partial charge on any atom is 0.273 e. The summed E-state index contributed by atoms with van der Waals surface area (Å²) in [4.78, 5) is 19.0. The van der Waals surface area contributed by atoms with E-state index < -0.39 is 0 Å². The molecule has 0 spiro atoms. The number of carbonyl (C=O) groups excluding carboxylic acids is 1. The molecule has 1 aromatic carbocycles. The van der Waals surface area contributed by atoms with Gasteiger partial charge < -0.3 is 10.2 Å². The Hall–Kier alpha value is -1.72. The van der Waals surface area contributed by atoms with Crippen molar-refractivity contribution in [3.8, 4) is 0 Å². The average molecular weight is 374 g/mol. The van der Waals surface area contributed by atoms with Gasteiger partial charge in [0.1, 0.15) is 5.69 Å². The quantitative estimate of drug-likeness (QED) is 0.898. The van der Waals surface area contributed by atoms with Crippen LogP contribution in [0.4, 0.5) is 0 Å². The zero-order chi connectivity index (χ0) is 16.2. The summed E-state index contributed by atoms with van der Waals surface area (Å²) >= 11 is 3.36. The van der Waals surface area contributed by atoms with Crippen molar-refractivity contribution in [3.63, 3.8) is 0 Å². The molecule has 1 amide bonds. The minimum Gasteiger partial charge on any atom is -0.328 e. The van der Waals surface area contributed by atoms with Crippen LogP contribution < -0.4 is 5.32 Å². The fraction of sp³-hybridized carbons (Fsp3) is 0.333. The van der Waals surface area contributed by atoms with Gasteiger partial charge in [-0.15, -0.1) is 0 Å². The van der Waals surface area contributed by atoms with Gasteiger partial charge in [0, 0.05) is 30.3 Å². The third-order valence-corrected chi connectivity index (χ3v) is 4.69. The first kappa shape index (κ1) is 16.1. The average Bonchev–Trinajstić information content (AvgIpc) is 2.62. The molecule has 1 aromatic heterocycles. The fourth-order valence-corrected chi connectivity index (χ4v) is 3.10. The minimum atomic E-state index is -0.0106. The Bertz CT molecular complexity index is 670. The van der Waals surface area contributed by atoms with Crippen molar-refractivity contribution in [1.29, 1.82) is 0 Å². The molecule has 1 saturated heterocycles. The number of halogens is 1. The number of aryl methyl sites for hydroxylation is 1. The SMILES string of the molecule is CCc1ccc(C2CNCCN2C(=O)c2ccc(Br)cn2)cc1. The molecule has 2 aromatic rings. The molecule has 1 N–H and O–H groups in total. The molecule has 23 heavy (non-hydrogen) atoms. The van der Waals surface area contributed by atoms with Crippen LogP contribution in [0.3, 0.4) is 0 Å². The Morgan fingerprint density at radius 2 is 2.09 bits per heavy atom. The highest BCUT2D eigenvalue weighted by Gasteiger charge is 2.29. The smallest absolute Gasteiger partial charge is 0.273 e. The molecule has 1 unspecified atom stereocenters. The second-order valence-electron chi connectivity index (χ2n) is 5.68. The number of nitrogens with zero attached hydrogens (tertiary/aromatic N) is 2. The van der Waals surface area contributed by atoms with Crippen molar-refractivity contribution >= 4 is 21.8 Å². The van der Waals surface area contributed by atoms with E-state index in [0.29, 0.717) is 12.2 Å². The number of rotatable bonds is 3. The molecule has 0 radical (unpaired) electrons. The van der Waals surface area contributed by atoms with Crippen LogP contribution in [0.2, 0.25) is 0 Å². The number of amides is 1. The highest BCUT2D eigenvalue weighted by Crippen LogP contribution is 2.24. The van der Waals surface area contributed by atoms with E-state index in [1.54, 1.807) is 12.3 Å². The predicted octanol–water partition coefficient (Wildman–Crippen LogP) is 3.19. The fourth-order valence-electron chi connectivity index (χ4n) is 2.87. The lowest BCUT2D eigenvalue weighted by Crippen LogP contribution is -2.48. The first-order chi connectivity index (χ1) is 11.2. The van der Waals surface area contributed by atoms with Crippen LogP contribution in [0, 0.1) is 0 Å². The maximum atomic E-state index is 12.8. The molecule has 0 bridgehead atoms. The number of aromatic nitrogens is 1. The highest BCUT2D eigenvalue weighted by atomic mass is 79.9. The standard InChI is InChI=1S/C18H20BrN3O/c1-2-13-3-5-14(6-4-13)17-12-20-9-10-22(17)18(23)16-8-7-15(19)11-21-16/h3-8,11,17,20H,2,9-10,12H2,1H3. The molecular formula is C18H20BrN3O. The summed E-state index contributed by atoms with van der Waals surface area (Å²) in [6.45, 7) is 4.42. The molecule has 1 aliphatic heterocycles. The molecule has 0 saturated carbocycles. The number of pyridine rings is 1. The zero-order valence-corrected chi connectivity index (χ0v) is 14.7. The lowest BCUT2D eigenvalue weighted by molar-refractivity contribution is 0.0628. The van der Waals surface area contributed by atoms with Crippen LogP contribution in [0.1, 0.15) is 34.6 Å². The monoisotopic (exact) mass is 373 g/mol. The summed E-state index contributed by atoms with van der Waals surface area (Å²) in [6.07, 6.45) is 2.69. The third-order valence-electron chi connectivity index (χ3n) is 4.22.